The number of nitrogens with zero attached hydrogens (tertiary/aromatic N) is 1. The van der Waals surface area contributed by atoms with Gasteiger partial charge >= 0.3 is 5.97 Å². The summed E-state index contributed by atoms with van der Waals surface area (Å²) in [5, 5.41) is 6.85. The van der Waals surface area contributed by atoms with E-state index in [1.54, 1.807) is 13.8 Å². The SMILES string of the molecule is Cc1noc(C)c1C(=O)OC(C)C(=O)Nc1c(Cl)cc(Cl)cc1Cl. The number of halogens is 3. The summed E-state index contributed by atoms with van der Waals surface area (Å²) in [5.41, 5.74) is 0.763. The van der Waals surface area contributed by atoms with Crippen molar-refractivity contribution in [2.45, 2.75) is 26.9 Å². The largest absolute Gasteiger partial charge is 0.449 e. The number of amides is 1. The number of hydrogen-bond donors (Lipinski definition) is 1. The molecule has 0 aliphatic rings. The minimum absolute atomic E-state index is 0.171. The van der Waals surface area contributed by atoms with Gasteiger partial charge in [0.2, 0.25) is 0 Å². The first-order chi connectivity index (χ1) is 11.2. The highest BCUT2D eigenvalue weighted by Crippen LogP contribution is 2.33. The molecule has 1 heterocycles. The lowest BCUT2D eigenvalue weighted by molar-refractivity contribution is -0.123. The molecule has 6 nitrogen and oxygen atoms in total. The Morgan fingerprint density at radius 1 is 1.21 bits per heavy atom. The lowest BCUT2D eigenvalue weighted by atomic mass is 10.2. The molecule has 1 aromatic carbocycles. The van der Waals surface area contributed by atoms with Gasteiger partial charge in [-0.05, 0) is 32.9 Å². The van der Waals surface area contributed by atoms with Crippen LogP contribution in [0, 0.1) is 13.8 Å². The fourth-order valence-corrected chi connectivity index (χ4v) is 2.85. The van der Waals surface area contributed by atoms with Crippen LogP contribution in [0.3, 0.4) is 0 Å². The lowest BCUT2D eigenvalue weighted by Gasteiger charge is -2.15. The van der Waals surface area contributed by atoms with Crippen molar-refractivity contribution in [2.24, 2.45) is 0 Å². The van der Waals surface area contributed by atoms with Crippen molar-refractivity contribution < 1.29 is 18.8 Å². The summed E-state index contributed by atoms with van der Waals surface area (Å²) >= 11 is 17.8. The van der Waals surface area contributed by atoms with E-state index in [0.29, 0.717) is 16.5 Å². The molecule has 1 amide bonds. The van der Waals surface area contributed by atoms with Gasteiger partial charge in [0, 0.05) is 5.02 Å². The van der Waals surface area contributed by atoms with Crippen molar-refractivity contribution in [3.05, 3.63) is 44.2 Å². The van der Waals surface area contributed by atoms with Gasteiger partial charge in [-0.15, -0.1) is 0 Å². The van der Waals surface area contributed by atoms with E-state index in [4.69, 9.17) is 44.1 Å². The molecule has 2 rings (SSSR count). The zero-order chi connectivity index (χ0) is 18.0. The molecule has 0 saturated heterocycles. The number of hydrogen-bond acceptors (Lipinski definition) is 5. The van der Waals surface area contributed by atoms with E-state index in [2.05, 4.69) is 10.5 Å². The summed E-state index contributed by atoms with van der Waals surface area (Å²) in [6.45, 7) is 4.60. The number of carbonyl (C=O) groups is 2. The van der Waals surface area contributed by atoms with Gasteiger partial charge in [0.1, 0.15) is 11.3 Å². The van der Waals surface area contributed by atoms with Crippen LogP contribution in [0.2, 0.25) is 15.1 Å². The smallest absolute Gasteiger partial charge is 0.344 e. The minimum atomic E-state index is -1.09. The molecular weight excluding hydrogens is 379 g/mol. The number of benzene rings is 1. The van der Waals surface area contributed by atoms with Crippen LogP contribution in [-0.2, 0) is 9.53 Å². The number of anilines is 1. The second-order valence-corrected chi connectivity index (χ2v) is 6.23. The molecule has 0 saturated carbocycles. The van der Waals surface area contributed by atoms with E-state index in [1.807, 2.05) is 0 Å². The number of aromatic nitrogens is 1. The lowest BCUT2D eigenvalue weighted by Crippen LogP contribution is -2.30. The Bertz CT molecular complexity index is 762. The third-order valence-electron chi connectivity index (χ3n) is 3.15. The van der Waals surface area contributed by atoms with Gasteiger partial charge < -0.3 is 14.6 Å². The Hall–Kier alpha value is -1.76. The predicted octanol–water partition coefficient (Wildman–Crippen LogP) is 4.44. The van der Waals surface area contributed by atoms with Crippen molar-refractivity contribution in [3.8, 4) is 0 Å². The summed E-state index contributed by atoms with van der Waals surface area (Å²) in [6.07, 6.45) is -1.09. The van der Waals surface area contributed by atoms with Gasteiger partial charge in [-0.3, -0.25) is 4.79 Å². The zero-order valence-electron chi connectivity index (χ0n) is 12.9. The first-order valence-electron chi connectivity index (χ1n) is 6.80. The Morgan fingerprint density at radius 2 is 1.79 bits per heavy atom. The maximum atomic E-state index is 12.2. The minimum Gasteiger partial charge on any atom is -0.449 e. The van der Waals surface area contributed by atoms with E-state index >= 15 is 0 Å². The normalized spacial score (nSPS) is 11.9. The predicted molar refractivity (Wildman–Crippen MR) is 91.0 cm³/mol. The van der Waals surface area contributed by atoms with Crippen LogP contribution in [0.5, 0.6) is 0 Å². The fourth-order valence-electron chi connectivity index (χ4n) is 1.93. The molecule has 1 unspecified atom stereocenters. The van der Waals surface area contributed by atoms with Crippen molar-refractivity contribution in [1.29, 1.82) is 0 Å². The number of esters is 1. The third-order valence-corrected chi connectivity index (χ3v) is 3.96. The number of aryl methyl sites for hydroxylation is 2. The fraction of sp³-hybridized carbons (Fsp3) is 0.267. The molecule has 2 aromatic rings. The van der Waals surface area contributed by atoms with Gasteiger partial charge in [0.05, 0.1) is 21.4 Å². The standard InChI is InChI=1S/C15H13Cl3N2O4/c1-6-12(7(2)24-20-6)15(22)23-8(3)14(21)19-13-10(17)4-9(16)5-11(13)18/h4-5,8H,1-3H3,(H,19,21). The van der Waals surface area contributed by atoms with E-state index in [-0.39, 0.29) is 21.3 Å². The van der Waals surface area contributed by atoms with E-state index in [1.165, 1.54) is 19.1 Å². The van der Waals surface area contributed by atoms with Crippen LogP contribution in [0.1, 0.15) is 28.7 Å². The quantitative estimate of drug-likeness (QED) is 0.779. The van der Waals surface area contributed by atoms with E-state index < -0.39 is 18.0 Å². The summed E-state index contributed by atoms with van der Waals surface area (Å²) in [4.78, 5) is 24.3. The molecule has 24 heavy (non-hydrogen) atoms. The van der Waals surface area contributed by atoms with Crippen LogP contribution in [-0.4, -0.2) is 23.1 Å². The van der Waals surface area contributed by atoms with Crippen molar-refractivity contribution in [1.82, 2.24) is 5.16 Å². The van der Waals surface area contributed by atoms with Crippen molar-refractivity contribution in [3.63, 3.8) is 0 Å². The first-order valence-corrected chi connectivity index (χ1v) is 7.93. The van der Waals surface area contributed by atoms with Gasteiger partial charge in [-0.25, -0.2) is 4.79 Å². The third kappa shape index (κ3) is 4.01. The summed E-state index contributed by atoms with van der Waals surface area (Å²) in [5.74, 6) is -0.989. The molecule has 0 spiro atoms. The first kappa shape index (κ1) is 18.6. The Kier molecular flexibility index (Phi) is 5.74. The molecule has 0 fully saturated rings. The van der Waals surface area contributed by atoms with Gasteiger partial charge in [-0.1, -0.05) is 40.0 Å². The molecule has 0 radical (unpaired) electrons. The number of ether oxygens (including phenoxy) is 1. The topological polar surface area (TPSA) is 81.4 Å². The average molecular weight is 392 g/mol. The molecular formula is C15H13Cl3N2O4. The number of carbonyl (C=O) groups excluding carboxylic acids is 2. The maximum Gasteiger partial charge on any atom is 0.344 e. The van der Waals surface area contributed by atoms with Crippen molar-refractivity contribution in [2.75, 3.05) is 5.32 Å². The summed E-state index contributed by atoms with van der Waals surface area (Å²) in [6, 6.07) is 2.87. The van der Waals surface area contributed by atoms with E-state index in [9.17, 15) is 9.59 Å². The molecule has 0 bridgehead atoms. The number of nitrogens with one attached hydrogen (secondary N) is 1. The molecule has 1 atom stereocenters. The molecule has 0 aliphatic carbocycles. The van der Waals surface area contributed by atoms with Crippen LogP contribution >= 0.6 is 34.8 Å². The summed E-state index contributed by atoms with van der Waals surface area (Å²) < 4.78 is 10.0. The Balaban J connectivity index is 2.09. The highest BCUT2D eigenvalue weighted by atomic mass is 35.5. The van der Waals surface area contributed by atoms with E-state index in [0.717, 1.165) is 0 Å². The Labute approximate surface area is 153 Å². The molecule has 128 valence electrons. The average Bonchev–Trinajstić information content (AvgIpc) is 2.81. The van der Waals surface area contributed by atoms with Crippen LogP contribution in [0.15, 0.2) is 16.7 Å². The monoisotopic (exact) mass is 390 g/mol. The van der Waals surface area contributed by atoms with Gasteiger partial charge in [0.25, 0.3) is 5.91 Å². The molecule has 1 aromatic heterocycles. The van der Waals surface area contributed by atoms with Crippen LogP contribution < -0.4 is 5.32 Å². The zero-order valence-corrected chi connectivity index (χ0v) is 15.2. The molecule has 9 heteroatoms. The summed E-state index contributed by atoms with van der Waals surface area (Å²) in [7, 11) is 0. The molecule has 1 N–H and O–H groups in total. The molecule has 0 aliphatic heterocycles. The second kappa shape index (κ2) is 7.42. The number of rotatable bonds is 4. The van der Waals surface area contributed by atoms with Crippen LogP contribution in [0.25, 0.3) is 0 Å². The van der Waals surface area contributed by atoms with Gasteiger partial charge in [-0.2, -0.15) is 0 Å². The van der Waals surface area contributed by atoms with Crippen molar-refractivity contribution >= 4 is 52.4 Å². The second-order valence-electron chi connectivity index (χ2n) is 4.98. The van der Waals surface area contributed by atoms with Gasteiger partial charge in [0.15, 0.2) is 6.10 Å². The highest BCUT2D eigenvalue weighted by molar-refractivity contribution is 6.42. The van der Waals surface area contributed by atoms with Crippen LogP contribution in [0.4, 0.5) is 5.69 Å². The maximum absolute atomic E-state index is 12.2. The highest BCUT2D eigenvalue weighted by Gasteiger charge is 2.25. The Morgan fingerprint density at radius 3 is 2.29 bits per heavy atom.